The molecule has 1 unspecified atom stereocenters. The fraction of sp³-hybridized carbons (Fsp3) is 0.400. The maximum atomic E-state index is 11.1. The topological polar surface area (TPSA) is 20.2 Å². The Morgan fingerprint density at radius 3 is 2.29 bits per heavy atom. The molecule has 1 nitrogen and oxygen atoms in total. The van der Waals surface area contributed by atoms with Gasteiger partial charge in [0, 0.05) is 12.8 Å². The molecule has 1 heteroatoms. The summed E-state index contributed by atoms with van der Waals surface area (Å²) in [4.78, 5) is 0. The number of hydrogen-bond donors (Lipinski definition) is 1. The zero-order chi connectivity index (χ0) is 15.0. The Bertz CT molecular complexity index is 648. The highest BCUT2D eigenvalue weighted by Gasteiger charge is 2.32. The number of aliphatic hydroxyl groups is 1. The van der Waals surface area contributed by atoms with Crippen molar-refractivity contribution >= 4 is 0 Å². The van der Waals surface area contributed by atoms with Gasteiger partial charge in [-0.3, -0.25) is 0 Å². The molecule has 1 aliphatic carbocycles. The first-order chi connectivity index (χ1) is 9.97. The lowest BCUT2D eigenvalue weighted by Gasteiger charge is -2.34. The minimum Gasteiger partial charge on any atom is -0.389 e. The molecule has 0 saturated heterocycles. The Hall–Kier alpha value is -1.60. The van der Waals surface area contributed by atoms with Gasteiger partial charge in [0.25, 0.3) is 0 Å². The molecule has 1 N–H and O–H groups in total. The number of hydrogen-bond acceptors (Lipinski definition) is 1. The molecule has 21 heavy (non-hydrogen) atoms. The van der Waals surface area contributed by atoms with Crippen molar-refractivity contribution in [1.82, 2.24) is 0 Å². The molecule has 3 rings (SSSR count). The van der Waals surface area contributed by atoms with Crippen LogP contribution in [0.1, 0.15) is 39.8 Å². The molecule has 2 aromatic rings. The molecular formula is C20H24O. The summed E-state index contributed by atoms with van der Waals surface area (Å²) in [6, 6.07) is 13.0. The van der Waals surface area contributed by atoms with E-state index in [-0.39, 0.29) is 0 Å². The third-order valence-corrected chi connectivity index (χ3v) is 4.84. The second-order valence-corrected chi connectivity index (χ2v) is 6.72. The molecule has 0 heterocycles. The summed E-state index contributed by atoms with van der Waals surface area (Å²) in [5.74, 6) is 0. The standard InChI is InChI=1S/C20H24O/c1-14-10-15(2)19(16(3)11-14)13-20(21)9-8-17-6-4-5-7-18(17)12-20/h4-7,10-11,21H,8-9,12-13H2,1-3H3. The Morgan fingerprint density at radius 2 is 1.62 bits per heavy atom. The highest BCUT2D eigenvalue weighted by atomic mass is 16.3. The number of rotatable bonds is 2. The first-order valence-corrected chi connectivity index (χ1v) is 7.83. The lowest BCUT2D eigenvalue weighted by atomic mass is 9.76. The van der Waals surface area contributed by atoms with Crippen LogP contribution in [0.25, 0.3) is 0 Å². The molecular weight excluding hydrogens is 256 g/mol. The molecule has 0 radical (unpaired) electrons. The van der Waals surface area contributed by atoms with Gasteiger partial charge in [-0.25, -0.2) is 0 Å². The smallest absolute Gasteiger partial charge is 0.0731 e. The maximum Gasteiger partial charge on any atom is 0.0731 e. The largest absolute Gasteiger partial charge is 0.389 e. The quantitative estimate of drug-likeness (QED) is 0.879. The van der Waals surface area contributed by atoms with E-state index >= 15 is 0 Å². The van der Waals surface area contributed by atoms with Gasteiger partial charge in [-0.05, 0) is 61.4 Å². The number of aryl methyl sites for hydroxylation is 4. The lowest BCUT2D eigenvalue weighted by molar-refractivity contribution is 0.0264. The van der Waals surface area contributed by atoms with Gasteiger partial charge in [0.15, 0.2) is 0 Å². The molecule has 1 aliphatic rings. The fourth-order valence-corrected chi connectivity index (χ4v) is 3.75. The summed E-state index contributed by atoms with van der Waals surface area (Å²) in [6.45, 7) is 6.46. The maximum absolute atomic E-state index is 11.1. The lowest BCUT2D eigenvalue weighted by Crippen LogP contribution is -2.38. The van der Waals surface area contributed by atoms with Crippen molar-refractivity contribution in [3.63, 3.8) is 0 Å². The highest BCUT2D eigenvalue weighted by molar-refractivity contribution is 5.40. The van der Waals surface area contributed by atoms with Crippen molar-refractivity contribution in [3.8, 4) is 0 Å². The second kappa shape index (κ2) is 5.31. The minimum atomic E-state index is -0.598. The average Bonchev–Trinajstić information content (AvgIpc) is 2.43. The molecule has 110 valence electrons. The molecule has 0 fully saturated rings. The first-order valence-electron chi connectivity index (χ1n) is 7.83. The second-order valence-electron chi connectivity index (χ2n) is 6.72. The van der Waals surface area contributed by atoms with E-state index in [0.717, 1.165) is 25.7 Å². The summed E-state index contributed by atoms with van der Waals surface area (Å²) in [6.07, 6.45) is 3.38. The Morgan fingerprint density at radius 1 is 1.00 bits per heavy atom. The van der Waals surface area contributed by atoms with Crippen LogP contribution in [0.5, 0.6) is 0 Å². The molecule has 0 aromatic heterocycles. The van der Waals surface area contributed by atoms with Gasteiger partial charge in [0.1, 0.15) is 0 Å². The fourth-order valence-electron chi connectivity index (χ4n) is 3.75. The van der Waals surface area contributed by atoms with E-state index in [2.05, 4.69) is 57.2 Å². The van der Waals surface area contributed by atoms with E-state index < -0.39 is 5.60 Å². The summed E-state index contributed by atoms with van der Waals surface area (Å²) in [7, 11) is 0. The van der Waals surface area contributed by atoms with Crippen molar-refractivity contribution in [2.75, 3.05) is 0 Å². The van der Waals surface area contributed by atoms with Gasteiger partial charge in [-0.2, -0.15) is 0 Å². The van der Waals surface area contributed by atoms with Crippen LogP contribution < -0.4 is 0 Å². The van der Waals surface area contributed by atoms with Crippen molar-refractivity contribution in [2.24, 2.45) is 0 Å². The molecule has 0 amide bonds. The van der Waals surface area contributed by atoms with Crippen molar-refractivity contribution in [2.45, 2.75) is 52.1 Å². The predicted molar refractivity (Wildman–Crippen MR) is 87.8 cm³/mol. The predicted octanol–water partition coefficient (Wildman–Crippen LogP) is 4.07. The Labute approximate surface area is 127 Å². The normalized spacial score (nSPS) is 21.1. The van der Waals surface area contributed by atoms with Gasteiger partial charge in [0.05, 0.1) is 5.60 Å². The van der Waals surface area contributed by atoms with Crippen molar-refractivity contribution < 1.29 is 5.11 Å². The zero-order valence-corrected chi connectivity index (χ0v) is 13.2. The summed E-state index contributed by atoms with van der Waals surface area (Å²) < 4.78 is 0. The van der Waals surface area contributed by atoms with Crippen LogP contribution in [0.2, 0.25) is 0 Å². The molecule has 0 aliphatic heterocycles. The van der Waals surface area contributed by atoms with Crippen LogP contribution in [0, 0.1) is 20.8 Å². The van der Waals surface area contributed by atoms with Crippen LogP contribution in [0.15, 0.2) is 36.4 Å². The van der Waals surface area contributed by atoms with Crippen LogP contribution in [0.3, 0.4) is 0 Å². The van der Waals surface area contributed by atoms with E-state index in [0.29, 0.717) is 0 Å². The van der Waals surface area contributed by atoms with Crippen LogP contribution in [-0.4, -0.2) is 10.7 Å². The van der Waals surface area contributed by atoms with E-state index in [4.69, 9.17) is 0 Å². The SMILES string of the molecule is Cc1cc(C)c(CC2(O)CCc3ccccc3C2)c(C)c1. The molecule has 0 spiro atoms. The molecule has 0 saturated carbocycles. The van der Waals surface area contributed by atoms with Gasteiger partial charge in [-0.15, -0.1) is 0 Å². The Kier molecular flexibility index (Phi) is 3.62. The van der Waals surface area contributed by atoms with E-state index in [1.165, 1.54) is 33.4 Å². The third kappa shape index (κ3) is 2.89. The number of fused-ring (bicyclic) bond motifs is 1. The van der Waals surface area contributed by atoms with Gasteiger partial charge >= 0.3 is 0 Å². The van der Waals surface area contributed by atoms with Crippen LogP contribution in [0.4, 0.5) is 0 Å². The Balaban J connectivity index is 1.89. The number of benzene rings is 2. The molecule has 0 bridgehead atoms. The zero-order valence-electron chi connectivity index (χ0n) is 13.2. The summed E-state index contributed by atoms with van der Waals surface area (Å²) in [5, 5.41) is 11.1. The van der Waals surface area contributed by atoms with E-state index in [9.17, 15) is 5.11 Å². The van der Waals surface area contributed by atoms with Gasteiger partial charge in [0.2, 0.25) is 0 Å². The average molecular weight is 280 g/mol. The monoisotopic (exact) mass is 280 g/mol. The third-order valence-electron chi connectivity index (χ3n) is 4.84. The van der Waals surface area contributed by atoms with Crippen LogP contribution >= 0.6 is 0 Å². The van der Waals surface area contributed by atoms with E-state index in [1.807, 2.05) is 0 Å². The van der Waals surface area contributed by atoms with Crippen LogP contribution in [-0.2, 0) is 19.3 Å². The van der Waals surface area contributed by atoms with Crippen molar-refractivity contribution in [3.05, 3.63) is 69.8 Å². The van der Waals surface area contributed by atoms with E-state index in [1.54, 1.807) is 0 Å². The van der Waals surface area contributed by atoms with Gasteiger partial charge in [-0.1, -0.05) is 42.0 Å². The summed E-state index contributed by atoms with van der Waals surface area (Å²) >= 11 is 0. The minimum absolute atomic E-state index is 0.598. The summed E-state index contributed by atoms with van der Waals surface area (Å²) in [5.41, 5.74) is 7.35. The van der Waals surface area contributed by atoms with Gasteiger partial charge < -0.3 is 5.11 Å². The highest BCUT2D eigenvalue weighted by Crippen LogP contribution is 2.33. The molecule has 1 atom stereocenters. The first kappa shape index (κ1) is 14.3. The van der Waals surface area contributed by atoms with Crippen molar-refractivity contribution in [1.29, 1.82) is 0 Å². The molecule has 2 aromatic carbocycles.